The summed E-state index contributed by atoms with van der Waals surface area (Å²) in [6.45, 7) is 0. The molecule has 0 aliphatic heterocycles. The maximum absolute atomic E-state index is 12.3. The van der Waals surface area contributed by atoms with Gasteiger partial charge in [-0.25, -0.2) is 4.79 Å². The van der Waals surface area contributed by atoms with Crippen LogP contribution < -0.4 is 4.74 Å². The van der Waals surface area contributed by atoms with Crippen molar-refractivity contribution in [2.75, 3.05) is 0 Å². The van der Waals surface area contributed by atoms with Gasteiger partial charge in [0.05, 0.1) is 5.56 Å². The fraction of sp³-hybridized carbons (Fsp3) is 0. The monoisotopic (exact) mass is 640 g/mol. The normalized spacial score (nSPS) is 10.5. The van der Waals surface area contributed by atoms with Crippen molar-refractivity contribution in [3.05, 3.63) is 34.5 Å². The number of carbonyl (C=O) groups is 1. The smallest absolute Gasteiger partial charge is 0.345 e. The summed E-state index contributed by atoms with van der Waals surface area (Å²) in [5.41, 5.74) is 0.305. The zero-order chi connectivity index (χ0) is 16.6. The minimum atomic E-state index is -0.963. The second-order valence-electron chi connectivity index (χ2n) is 4.05. The minimum Gasteiger partial charge on any atom is -0.504 e. The Morgan fingerprint density at radius 2 is 1.50 bits per heavy atom. The molecule has 0 fully saturated rings. The summed E-state index contributed by atoms with van der Waals surface area (Å²) < 4.78 is 7.22. The first-order chi connectivity index (χ1) is 10.2. The molecule has 22 heavy (non-hydrogen) atoms. The third kappa shape index (κ3) is 3.29. The predicted octanol–water partition coefficient (Wildman–Crippen LogP) is 3.54. The summed E-state index contributed by atoms with van der Waals surface area (Å²) >= 11 is 6.05. The van der Waals surface area contributed by atoms with Crippen LogP contribution >= 0.6 is 67.8 Å². The van der Waals surface area contributed by atoms with Crippen LogP contribution in [0.2, 0.25) is 0 Å². The van der Waals surface area contributed by atoms with Crippen LogP contribution in [0.15, 0.2) is 18.2 Å². The summed E-state index contributed by atoms with van der Waals surface area (Å²) in [6.07, 6.45) is 0. The van der Waals surface area contributed by atoms with Gasteiger partial charge in [0.15, 0.2) is 11.5 Å². The van der Waals surface area contributed by atoms with Gasteiger partial charge in [-0.2, -0.15) is 0 Å². The van der Waals surface area contributed by atoms with Crippen LogP contribution in [0.5, 0.6) is 28.7 Å². The first-order valence-electron chi connectivity index (χ1n) is 5.56. The average Bonchev–Trinajstić information content (AvgIpc) is 2.47. The van der Waals surface area contributed by atoms with Crippen LogP contribution in [0.4, 0.5) is 0 Å². The van der Waals surface area contributed by atoms with Gasteiger partial charge in [-0.15, -0.1) is 0 Å². The molecule has 0 bridgehead atoms. The van der Waals surface area contributed by atoms with Gasteiger partial charge in [0, 0.05) is 16.8 Å². The van der Waals surface area contributed by atoms with Crippen molar-refractivity contribution in [2.24, 2.45) is 0 Å². The number of ether oxygens (including phenoxy) is 1. The van der Waals surface area contributed by atoms with Crippen molar-refractivity contribution in [2.45, 2.75) is 0 Å². The van der Waals surface area contributed by atoms with E-state index in [0.29, 0.717) is 12.7 Å². The van der Waals surface area contributed by atoms with Crippen LogP contribution in [0, 0.1) is 10.7 Å². The molecule has 0 radical (unpaired) electrons. The SMILES string of the molecule is O=C(Oc1cc(O)c(O)c(O)c1O)c1c(I)ccc(I)c1I. The Hall–Kier alpha value is -0.700. The Morgan fingerprint density at radius 3 is 2.14 bits per heavy atom. The van der Waals surface area contributed by atoms with Gasteiger partial charge in [-0.1, -0.05) is 0 Å². The number of hydrogen-bond acceptors (Lipinski definition) is 6. The molecule has 0 aliphatic carbocycles. The summed E-state index contributed by atoms with van der Waals surface area (Å²) in [7, 11) is 0. The molecule has 4 N–H and O–H groups in total. The lowest BCUT2D eigenvalue weighted by atomic mass is 10.2. The highest BCUT2D eigenvalue weighted by molar-refractivity contribution is 14.1. The Bertz CT molecular complexity index is 775. The number of rotatable bonds is 2. The Kier molecular flexibility index (Phi) is 5.47. The number of halogens is 3. The zero-order valence-corrected chi connectivity index (χ0v) is 16.9. The number of benzene rings is 2. The van der Waals surface area contributed by atoms with E-state index in [9.17, 15) is 25.2 Å². The van der Waals surface area contributed by atoms with Crippen LogP contribution in [0.25, 0.3) is 0 Å². The number of hydrogen-bond donors (Lipinski definition) is 4. The quantitative estimate of drug-likeness (QED) is 0.100. The molecule has 0 spiro atoms. The lowest BCUT2D eigenvalue weighted by Gasteiger charge is -2.12. The molecule has 0 atom stereocenters. The fourth-order valence-electron chi connectivity index (χ4n) is 1.55. The molecule has 0 saturated heterocycles. The van der Waals surface area contributed by atoms with Crippen LogP contribution in [0.3, 0.4) is 0 Å². The molecule has 9 heteroatoms. The second kappa shape index (κ2) is 6.82. The van der Waals surface area contributed by atoms with E-state index < -0.39 is 34.7 Å². The van der Waals surface area contributed by atoms with E-state index in [4.69, 9.17) is 4.74 Å². The maximum Gasteiger partial charge on any atom is 0.345 e. The van der Waals surface area contributed by atoms with Crippen molar-refractivity contribution < 1.29 is 30.0 Å². The second-order valence-corrected chi connectivity index (χ2v) is 7.45. The standard InChI is InChI=1S/C13H7I3O6/c14-4-1-2-5(15)9(16)8(4)13(21)22-7-3-6(17)10(18)12(20)11(7)19/h1-3,17-20H. The average molecular weight is 640 g/mol. The summed E-state index contributed by atoms with van der Waals surface area (Å²) in [5, 5.41) is 37.8. The Balaban J connectivity index is 2.45. The van der Waals surface area contributed by atoms with Gasteiger partial charge in [0.25, 0.3) is 0 Å². The molecule has 0 amide bonds. The highest BCUT2D eigenvalue weighted by Gasteiger charge is 2.23. The van der Waals surface area contributed by atoms with Gasteiger partial charge in [0.1, 0.15) is 0 Å². The molecule has 2 aromatic rings. The van der Waals surface area contributed by atoms with Crippen molar-refractivity contribution >= 4 is 73.7 Å². The topological polar surface area (TPSA) is 107 Å². The molecule has 116 valence electrons. The van der Waals surface area contributed by atoms with Crippen molar-refractivity contribution in [3.8, 4) is 28.7 Å². The number of phenols is 4. The summed E-state index contributed by atoms with van der Waals surface area (Å²) in [4.78, 5) is 12.3. The van der Waals surface area contributed by atoms with Gasteiger partial charge in [-0.3, -0.25) is 0 Å². The zero-order valence-electron chi connectivity index (χ0n) is 10.5. The van der Waals surface area contributed by atoms with Crippen LogP contribution in [0.1, 0.15) is 10.4 Å². The molecule has 0 aromatic heterocycles. The van der Waals surface area contributed by atoms with Crippen molar-refractivity contribution in [3.63, 3.8) is 0 Å². The van der Waals surface area contributed by atoms with E-state index in [1.807, 2.05) is 51.2 Å². The lowest BCUT2D eigenvalue weighted by Crippen LogP contribution is -2.13. The van der Waals surface area contributed by atoms with E-state index in [0.717, 1.165) is 9.64 Å². The minimum absolute atomic E-state index is 0.305. The van der Waals surface area contributed by atoms with Gasteiger partial charge in [-0.05, 0) is 79.9 Å². The van der Waals surface area contributed by atoms with E-state index in [2.05, 4.69) is 22.6 Å². The number of carbonyl (C=O) groups excluding carboxylic acids is 1. The number of aromatic hydroxyl groups is 4. The highest BCUT2D eigenvalue weighted by atomic mass is 127. The third-order valence-electron chi connectivity index (χ3n) is 2.64. The van der Waals surface area contributed by atoms with Crippen molar-refractivity contribution in [1.82, 2.24) is 0 Å². The predicted molar refractivity (Wildman–Crippen MR) is 103 cm³/mol. The largest absolute Gasteiger partial charge is 0.504 e. The van der Waals surface area contributed by atoms with Gasteiger partial charge in [0.2, 0.25) is 17.2 Å². The maximum atomic E-state index is 12.3. The third-order valence-corrected chi connectivity index (χ3v) is 6.59. The summed E-state index contributed by atoms with van der Waals surface area (Å²) in [5.74, 6) is -4.62. The highest BCUT2D eigenvalue weighted by Crippen LogP contribution is 2.47. The molecule has 2 aromatic carbocycles. The van der Waals surface area contributed by atoms with E-state index in [1.165, 1.54) is 0 Å². The first kappa shape index (κ1) is 17.7. The Labute approximate surface area is 165 Å². The fourth-order valence-corrected chi connectivity index (χ4v) is 3.88. The van der Waals surface area contributed by atoms with Gasteiger partial charge >= 0.3 is 5.97 Å². The van der Waals surface area contributed by atoms with Gasteiger partial charge < -0.3 is 25.2 Å². The number of esters is 1. The molecule has 0 aliphatic rings. The molecule has 0 heterocycles. The lowest BCUT2D eigenvalue weighted by molar-refractivity contribution is 0.0726. The molecule has 0 unspecified atom stereocenters. The number of phenolic OH excluding ortho intramolecular Hbond substituents is 4. The molecular formula is C13H7I3O6. The van der Waals surface area contributed by atoms with Crippen LogP contribution in [-0.4, -0.2) is 26.4 Å². The molecule has 6 nitrogen and oxygen atoms in total. The van der Waals surface area contributed by atoms with E-state index >= 15 is 0 Å². The molecular weight excluding hydrogens is 633 g/mol. The summed E-state index contributed by atoms with van der Waals surface area (Å²) in [6, 6.07) is 4.43. The Morgan fingerprint density at radius 1 is 0.909 bits per heavy atom. The molecule has 2 rings (SSSR count). The van der Waals surface area contributed by atoms with E-state index in [-0.39, 0.29) is 0 Å². The van der Waals surface area contributed by atoms with Crippen LogP contribution in [-0.2, 0) is 0 Å². The van der Waals surface area contributed by atoms with E-state index in [1.54, 1.807) is 6.07 Å². The first-order valence-corrected chi connectivity index (χ1v) is 8.80. The molecule has 0 saturated carbocycles. The van der Waals surface area contributed by atoms with Crippen molar-refractivity contribution in [1.29, 1.82) is 0 Å².